The lowest BCUT2D eigenvalue weighted by Gasteiger charge is -2.32. The van der Waals surface area contributed by atoms with Crippen LogP contribution in [0.25, 0.3) is 21.8 Å². The molecule has 0 saturated carbocycles. The number of carbonyl (C=O) groups excluding carboxylic acids is 1. The van der Waals surface area contributed by atoms with Crippen molar-refractivity contribution in [2.24, 2.45) is 5.73 Å². The van der Waals surface area contributed by atoms with E-state index in [0.717, 1.165) is 53.6 Å². The van der Waals surface area contributed by atoms with Crippen LogP contribution >= 0.6 is 11.3 Å². The molecule has 6 rings (SSSR count). The Bertz CT molecular complexity index is 1430. The molecule has 0 aliphatic carbocycles. The summed E-state index contributed by atoms with van der Waals surface area (Å²) in [5, 5.41) is 3.93. The maximum atomic E-state index is 13.3. The van der Waals surface area contributed by atoms with E-state index in [2.05, 4.69) is 25.1 Å². The van der Waals surface area contributed by atoms with Crippen LogP contribution in [0, 0.1) is 6.92 Å². The number of thiazole rings is 1. The van der Waals surface area contributed by atoms with Crippen molar-refractivity contribution in [2.45, 2.75) is 25.8 Å². The summed E-state index contributed by atoms with van der Waals surface area (Å²) >= 11 is 1.56. The van der Waals surface area contributed by atoms with Gasteiger partial charge in [0.2, 0.25) is 5.89 Å². The van der Waals surface area contributed by atoms with Gasteiger partial charge in [-0.25, -0.2) is 9.97 Å². The third-order valence-electron chi connectivity index (χ3n) is 6.52. The number of rotatable bonds is 5. The molecule has 3 N–H and O–H groups in total. The monoisotopic (exact) mass is 520 g/mol. The van der Waals surface area contributed by atoms with E-state index in [-0.39, 0.29) is 17.6 Å². The highest BCUT2D eigenvalue weighted by Gasteiger charge is 2.25. The Labute approximate surface area is 217 Å². The Kier molecular flexibility index (Phi) is 6.45. The Morgan fingerprint density at radius 3 is 2.84 bits per heavy atom. The first-order valence-electron chi connectivity index (χ1n) is 12.4. The van der Waals surface area contributed by atoms with E-state index < -0.39 is 0 Å². The first kappa shape index (κ1) is 23.8. The zero-order valence-corrected chi connectivity index (χ0v) is 21.3. The molecular formula is C25H28N8O3S. The number of carbonyl (C=O) groups is 1. The van der Waals surface area contributed by atoms with Gasteiger partial charge in [0.25, 0.3) is 5.91 Å². The highest BCUT2D eigenvalue weighted by atomic mass is 32.1. The molecule has 12 heteroatoms. The van der Waals surface area contributed by atoms with Crippen LogP contribution in [0.4, 0.5) is 16.6 Å². The molecule has 2 fully saturated rings. The summed E-state index contributed by atoms with van der Waals surface area (Å²) in [7, 11) is 0. The van der Waals surface area contributed by atoms with Gasteiger partial charge in [0.1, 0.15) is 6.26 Å². The number of pyridine rings is 2. The number of hydrogen-bond donors (Lipinski definition) is 2. The SMILES string of the molecule is Cc1cc(-c2nc(C(=O)Nc3cc4sc(N5CCOCC5)nc4nc3N3CCCC(N)C3)co2)ccn1. The van der Waals surface area contributed by atoms with E-state index in [9.17, 15) is 4.79 Å². The standard InChI is InChI=1S/C25H28N8O3S/c1-15-11-16(4-5-27-15)24-29-19(14-36-24)23(34)28-18-12-20-21(30-22(18)33-6-2-3-17(26)13-33)31-25(37-20)32-7-9-35-10-8-32/h4-5,11-12,14,17H,2-3,6-10,13,26H2,1H3,(H,28,34). The van der Waals surface area contributed by atoms with Gasteiger partial charge >= 0.3 is 0 Å². The number of nitrogens with two attached hydrogens (primary N) is 1. The lowest BCUT2D eigenvalue weighted by molar-refractivity contribution is 0.102. The summed E-state index contributed by atoms with van der Waals surface area (Å²) < 4.78 is 12.0. The molecule has 0 spiro atoms. The lowest BCUT2D eigenvalue weighted by Crippen LogP contribution is -2.43. The van der Waals surface area contributed by atoms with Crippen molar-refractivity contribution in [2.75, 3.05) is 54.5 Å². The minimum absolute atomic E-state index is 0.0519. The van der Waals surface area contributed by atoms with Crippen molar-refractivity contribution < 1.29 is 13.9 Å². The second kappa shape index (κ2) is 10.0. The zero-order chi connectivity index (χ0) is 25.4. The number of morpholine rings is 1. The first-order valence-corrected chi connectivity index (χ1v) is 13.2. The third-order valence-corrected chi connectivity index (χ3v) is 7.57. The van der Waals surface area contributed by atoms with E-state index in [1.165, 1.54) is 6.26 Å². The fourth-order valence-electron chi connectivity index (χ4n) is 4.64. The molecule has 37 heavy (non-hydrogen) atoms. The van der Waals surface area contributed by atoms with Crippen LogP contribution < -0.4 is 20.9 Å². The van der Waals surface area contributed by atoms with Crippen LogP contribution in [0.3, 0.4) is 0 Å². The maximum absolute atomic E-state index is 13.3. The number of amides is 1. The van der Waals surface area contributed by atoms with Gasteiger partial charge in [-0.15, -0.1) is 0 Å². The molecule has 2 saturated heterocycles. The number of anilines is 3. The van der Waals surface area contributed by atoms with Crippen LogP contribution in [0.5, 0.6) is 0 Å². The Hall–Kier alpha value is -3.61. The second-order valence-corrected chi connectivity index (χ2v) is 10.3. The molecule has 1 unspecified atom stereocenters. The van der Waals surface area contributed by atoms with Crippen LogP contribution in [-0.2, 0) is 4.74 Å². The van der Waals surface area contributed by atoms with Crippen molar-refractivity contribution in [3.8, 4) is 11.5 Å². The molecule has 6 heterocycles. The average molecular weight is 521 g/mol. The van der Waals surface area contributed by atoms with Crippen LogP contribution in [0.1, 0.15) is 29.0 Å². The minimum atomic E-state index is -0.373. The van der Waals surface area contributed by atoms with Gasteiger partial charge in [0.05, 0.1) is 23.6 Å². The van der Waals surface area contributed by atoms with E-state index in [4.69, 9.17) is 24.9 Å². The predicted molar refractivity (Wildman–Crippen MR) is 142 cm³/mol. The van der Waals surface area contributed by atoms with Crippen molar-refractivity contribution in [1.29, 1.82) is 0 Å². The molecule has 4 aromatic rings. The second-order valence-electron chi connectivity index (χ2n) is 9.30. The van der Waals surface area contributed by atoms with Gasteiger partial charge < -0.3 is 30.0 Å². The van der Waals surface area contributed by atoms with Gasteiger partial charge in [0.15, 0.2) is 22.3 Å². The molecule has 2 aliphatic rings. The van der Waals surface area contributed by atoms with Gasteiger partial charge in [-0.2, -0.15) is 4.98 Å². The van der Waals surface area contributed by atoms with E-state index in [1.807, 2.05) is 19.1 Å². The maximum Gasteiger partial charge on any atom is 0.277 e. The van der Waals surface area contributed by atoms with Crippen LogP contribution in [0.2, 0.25) is 0 Å². The summed E-state index contributed by atoms with van der Waals surface area (Å²) in [6, 6.07) is 5.66. The fourth-order valence-corrected chi connectivity index (χ4v) is 5.64. The van der Waals surface area contributed by atoms with Crippen molar-refractivity contribution in [1.82, 2.24) is 19.9 Å². The van der Waals surface area contributed by atoms with Gasteiger partial charge in [-0.3, -0.25) is 9.78 Å². The van der Waals surface area contributed by atoms with Crippen molar-refractivity contribution >= 4 is 44.2 Å². The Balaban J connectivity index is 1.32. The van der Waals surface area contributed by atoms with Gasteiger partial charge in [0, 0.05) is 49.7 Å². The number of fused-ring (bicyclic) bond motifs is 1. The largest absolute Gasteiger partial charge is 0.444 e. The molecule has 0 aromatic carbocycles. The number of piperidine rings is 1. The smallest absolute Gasteiger partial charge is 0.277 e. The van der Waals surface area contributed by atoms with E-state index in [0.29, 0.717) is 42.8 Å². The summed E-state index contributed by atoms with van der Waals surface area (Å²) in [4.78, 5) is 35.9. The minimum Gasteiger partial charge on any atom is -0.444 e. The zero-order valence-electron chi connectivity index (χ0n) is 20.5. The molecule has 4 aromatic heterocycles. The van der Waals surface area contributed by atoms with Crippen molar-refractivity contribution in [3.05, 3.63) is 42.0 Å². The molecule has 1 amide bonds. The molecule has 1 atom stereocenters. The third kappa shape index (κ3) is 4.99. The lowest BCUT2D eigenvalue weighted by atomic mass is 10.1. The fraction of sp³-hybridized carbons (Fsp3) is 0.400. The average Bonchev–Trinajstić information content (AvgIpc) is 3.56. The first-order chi connectivity index (χ1) is 18.0. The number of hydrogen-bond acceptors (Lipinski definition) is 11. The molecular weight excluding hydrogens is 492 g/mol. The van der Waals surface area contributed by atoms with Gasteiger partial charge in [-0.1, -0.05) is 11.3 Å². The summed E-state index contributed by atoms with van der Waals surface area (Å²) in [6.45, 7) is 6.32. The molecule has 0 bridgehead atoms. The quantitative estimate of drug-likeness (QED) is 0.404. The predicted octanol–water partition coefficient (Wildman–Crippen LogP) is 3.07. The van der Waals surface area contributed by atoms with Gasteiger partial charge in [-0.05, 0) is 38.0 Å². The van der Waals surface area contributed by atoms with Crippen LogP contribution in [0.15, 0.2) is 35.1 Å². The summed E-state index contributed by atoms with van der Waals surface area (Å²) in [5.41, 5.74) is 9.32. The normalized spacial score (nSPS) is 18.4. The van der Waals surface area contributed by atoms with Crippen molar-refractivity contribution in [3.63, 3.8) is 0 Å². The van der Waals surface area contributed by atoms with E-state index >= 15 is 0 Å². The summed E-state index contributed by atoms with van der Waals surface area (Å²) in [5.74, 6) is 0.662. The number of aromatic nitrogens is 4. The highest BCUT2D eigenvalue weighted by Crippen LogP contribution is 2.35. The molecule has 192 valence electrons. The molecule has 0 radical (unpaired) electrons. The van der Waals surface area contributed by atoms with E-state index in [1.54, 1.807) is 23.6 Å². The number of nitrogens with zero attached hydrogens (tertiary/aromatic N) is 6. The Morgan fingerprint density at radius 1 is 1.16 bits per heavy atom. The number of ether oxygens (including phenoxy) is 1. The topological polar surface area (TPSA) is 136 Å². The molecule has 2 aliphatic heterocycles. The number of oxazole rings is 1. The highest BCUT2D eigenvalue weighted by molar-refractivity contribution is 7.22. The Morgan fingerprint density at radius 2 is 2.03 bits per heavy atom. The molecule has 11 nitrogen and oxygen atoms in total. The van der Waals surface area contributed by atoms with Crippen LogP contribution in [-0.4, -0.2) is 71.3 Å². The summed E-state index contributed by atoms with van der Waals surface area (Å²) in [6.07, 6.45) is 4.98. The number of aryl methyl sites for hydroxylation is 1. The number of nitrogens with one attached hydrogen (secondary N) is 1.